The fraction of sp³-hybridized carbons (Fsp3) is 0.500. The van der Waals surface area contributed by atoms with Gasteiger partial charge in [0.1, 0.15) is 12.4 Å². The molecular formula is C24H32N2O3. The lowest BCUT2D eigenvalue weighted by molar-refractivity contribution is -0.0707. The number of hydrogen-bond donors (Lipinski definition) is 3. The maximum atomic E-state index is 10.2. The van der Waals surface area contributed by atoms with Crippen molar-refractivity contribution in [1.29, 1.82) is 0 Å². The van der Waals surface area contributed by atoms with Crippen LogP contribution in [0.1, 0.15) is 38.7 Å². The Bertz CT molecular complexity index is 804. The second-order valence-electron chi connectivity index (χ2n) is 8.22. The van der Waals surface area contributed by atoms with E-state index in [0.717, 1.165) is 37.2 Å². The third-order valence-electron chi connectivity index (χ3n) is 5.84. The Morgan fingerprint density at radius 1 is 1.31 bits per heavy atom. The van der Waals surface area contributed by atoms with Crippen LogP contribution in [0.4, 0.5) is 5.69 Å². The summed E-state index contributed by atoms with van der Waals surface area (Å²) in [6, 6.07) is 6.68. The predicted molar refractivity (Wildman–Crippen MR) is 116 cm³/mol. The van der Waals surface area contributed by atoms with Crippen LogP contribution in [0.3, 0.4) is 0 Å². The molecule has 29 heavy (non-hydrogen) atoms. The maximum absolute atomic E-state index is 10.2. The largest absolute Gasteiger partial charge is 0.490 e. The molecular weight excluding hydrogens is 364 g/mol. The van der Waals surface area contributed by atoms with E-state index in [1.165, 1.54) is 16.7 Å². The molecule has 4 atom stereocenters. The Hall–Kier alpha value is -2.24. The number of aliphatic hydroxyl groups is 1. The third kappa shape index (κ3) is 4.85. The smallest absolute Gasteiger partial charge is 0.142 e. The standard InChI is InChI=1S/C24H32N2O3/c1-3-8-25-21-6-5-18(24-15-20(27)11-16(2)29-24)14-19(21)12-17-4-7-23-22(13-17)26-9-10-28-23/h3-5,7-8,13-14,16,20-21,24-27H,6,9-12,15H2,1-2H3/b8-3-. The number of nitrogens with one attached hydrogen (secondary N) is 2. The Balaban J connectivity index is 1.56. The highest BCUT2D eigenvalue weighted by atomic mass is 16.5. The summed E-state index contributed by atoms with van der Waals surface area (Å²) in [6.07, 6.45) is 11.6. The fourth-order valence-corrected chi connectivity index (χ4v) is 4.43. The number of allylic oxidation sites excluding steroid dienone is 1. The SMILES string of the molecule is C/C=C\NC1CC=C(C2CC(O)CC(C)O2)C=C1Cc1ccc2c(c1)NCCO2. The Morgan fingerprint density at radius 2 is 2.21 bits per heavy atom. The lowest BCUT2D eigenvalue weighted by Gasteiger charge is -2.34. The lowest BCUT2D eigenvalue weighted by Crippen LogP contribution is -2.36. The second kappa shape index (κ2) is 9.06. The summed E-state index contributed by atoms with van der Waals surface area (Å²) in [6.45, 7) is 5.62. The Labute approximate surface area is 173 Å². The molecule has 1 aliphatic carbocycles. The zero-order chi connectivity index (χ0) is 20.2. The first-order chi connectivity index (χ1) is 14.1. The zero-order valence-electron chi connectivity index (χ0n) is 17.4. The van der Waals surface area contributed by atoms with Crippen molar-refractivity contribution in [2.45, 2.75) is 63.9 Å². The number of anilines is 1. The lowest BCUT2D eigenvalue weighted by atomic mass is 9.86. The van der Waals surface area contributed by atoms with E-state index in [1.54, 1.807) is 0 Å². The van der Waals surface area contributed by atoms with Crippen LogP contribution in [0.2, 0.25) is 0 Å². The van der Waals surface area contributed by atoms with Gasteiger partial charge in [0.05, 0.1) is 30.0 Å². The van der Waals surface area contributed by atoms with Crippen molar-refractivity contribution in [3.63, 3.8) is 0 Å². The molecule has 2 aliphatic heterocycles. The molecule has 3 aliphatic rings. The van der Waals surface area contributed by atoms with Gasteiger partial charge >= 0.3 is 0 Å². The summed E-state index contributed by atoms with van der Waals surface area (Å²) in [4.78, 5) is 0. The van der Waals surface area contributed by atoms with Crippen molar-refractivity contribution in [2.24, 2.45) is 0 Å². The topological polar surface area (TPSA) is 62.8 Å². The van der Waals surface area contributed by atoms with Gasteiger partial charge in [-0.1, -0.05) is 24.3 Å². The van der Waals surface area contributed by atoms with Crippen molar-refractivity contribution < 1.29 is 14.6 Å². The zero-order valence-corrected chi connectivity index (χ0v) is 17.4. The molecule has 0 radical (unpaired) electrons. The predicted octanol–water partition coefficient (Wildman–Crippen LogP) is 3.71. The van der Waals surface area contributed by atoms with Crippen LogP contribution in [0.15, 0.2) is 53.8 Å². The second-order valence-corrected chi connectivity index (χ2v) is 8.22. The molecule has 2 heterocycles. The van der Waals surface area contributed by atoms with Gasteiger partial charge in [-0.15, -0.1) is 0 Å². The van der Waals surface area contributed by atoms with Gasteiger partial charge in [0.25, 0.3) is 0 Å². The van der Waals surface area contributed by atoms with Gasteiger partial charge in [-0.3, -0.25) is 0 Å². The molecule has 0 spiro atoms. The highest BCUT2D eigenvalue weighted by molar-refractivity contribution is 5.59. The number of ether oxygens (including phenoxy) is 2. The van der Waals surface area contributed by atoms with E-state index >= 15 is 0 Å². The highest BCUT2D eigenvalue weighted by Gasteiger charge is 2.29. The van der Waals surface area contributed by atoms with Crippen LogP contribution in [-0.4, -0.2) is 42.6 Å². The molecule has 0 saturated carbocycles. The summed E-state index contributed by atoms with van der Waals surface area (Å²) < 4.78 is 11.9. The molecule has 156 valence electrons. The molecule has 1 aromatic carbocycles. The van der Waals surface area contributed by atoms with Crippen molar-refractivity contribution in [3.8, 4) is 5.75 Å². The van der Waals surface area contributed by atoms with E-state index in [-0.39, 0.29) is 24.4 Å². The molecule has 5 heteroatoms. The van der Waals surface area contributed by atoms with E-state index < -0.39 is 0 Å². The normalized spacial score (nSPS) is 29.3. The van der Waals surface area contributed by atoms with Gasteiger partial charge in [-0.05, 0) is 68.2 Å². The van der Waals surface area contributed by atoms with Gasteiger partial charge in [-0.25, -0.2) is 0 Å². The van der Waals surface area contributed by atoms with Crippen molar-refractivity contribution in [1.82, 2.24) is 5.32 Å². The minimum atomic E-state index is -0.285. The average Bonchev–Trinajstić information content (AvgIpc) is 2.72. The third-order valence-corrected chi connectivity index (χ3v) is 5.84. The average molecular weight is 397 g/mol. The number of rotatable bonds is 5. The Morgan fingerprint density at radius 3 is 3.03 bits per heavy atom. The van der Waals surface area contributed by atoms with Crippen LogP contribution in [-0.2, 0) is 11.2 Å². The van der Waals surface area contributed by atoms with Crippen LogP contribution in [0, 0.1) is 0 Å². The van der Waals surface area contributed by atoms with E-state index in [9.17, 15) is 5.11 Å². The van der Waals surface area contributed by atoms with E-state index in [4.69, 9.17) is 9.47 Å². The van der Waals surface area contributed by atoms with Gasteiger partial charge in [0.2, 0.25) is 0 Å². The Kier molecular flexibility index (Phi) is 6.26. The number of aliphatic hydroxyl groups excluding tert-OH is 1. The molecule has 5 nitrogen and oxygen atoms in total. The van der Waals surface area contributed by atoms with E-state index in [2.05, 4.69) is 41.0 Å². The van der Waals surface area contributed by atoms with Crippen LogP contribution >= 0.6 is 0 Å². The first kappa shape index (κ1) is 20.0. The minimum absolute atomic E-state index is 0.0231. The molecule has 4 unspecified atom stereocenters. The van der Waals surface area contributed by atoms with Crippen molar-refractivity contribution in [3.05, 3.63) is 59.3 Å². The summed E-state index contributed by atoms with van der Waals surface area (Å²) in [5.41, 5.74) is 4.88. The van der Waals surface area contributed by atoms with Gasteiger partial charge in [-0.2, -0.15) is 0 Å². The summed E-state index contributed by atoms with van der Waals surface area (Å²) >= 11 is 0. The molecule has 1 saturated heterocycles. The van der Waals surface area contributed by atoms with Crippen molar-refractivity contribution in [2.75, 3.05) is 18.5 Å². The number of benzene rings is 1. The first-order valence-electron chi connectivity index (χ1n) is 10.7. The van der Waals surface area contributed by atoms with Gasteiger partial charge < -0.3 is 25.2 Å². The van der Waals surface area contributed by atoms with E-state index in [1.807, 2.05) is 26.1 Å². The molecule has 3 N–H and O–H groups in total. The summed E-state index contributed by atoms with van der Waals surface area (Å²) in [5, 5.41) is 17.1. The molecule has 1 aromatic rings. The highest BCUT2D eigenvalue weighted by Crippen LogP contribution is 2.33. The van der Waals surface area contributed by atoms with Crippen molar-refractivity contribution >= 4 is 5.69 Å². The maximum Gasteiger partial charge on any atom is 0.142 e. The van der Waals surface area contributed by atoms with Crippen LogP contribution < -0.4 is 15.4 Å². The van der Waals surface area contributed by atoms with E-state index in [0.29, 0.717) is 13.0 Å². The minimum Gasteiger partial charge on any atom is -0.490 e. The first-order valence-corrected chi connectivity index (χ1v) is 10.7. The van der Waals surface area contributed by atoms with Gasteiger partial charge in [0.15, 0.2) is 0 Å². The molecule has 0 amide bonds. The van der Waals surface area contributed by atoms with Crippen LogP contribution in [0.25, 0.3) is 0 Å². The number of fused-ring (bicyclic) bond motifs is 1. The quantitative estimate of drug-likeness (QED) is 0.708. The number of hydrogen-bond acceptors (Lipinski definition) is 5. The molecule has 0 aromatic heterocycles. The molecule has 0 bridgehead atoms. The molecule has 4 rings (SSSR count). The summed E-state index contributed by atoms with van der Waals surface area (Å²) in [5.74, 6) is 0.931. The monoisotopic (exact) mass is 396 g/mol. The van der Waals surface area contributed by atoms with Crippen LogP contribution in [0.5, 0.6) is 5.75 Å². The molecule has 1 fully saturated rings. The van der Waals surface area contributed by atoms with Gasteiger partial charge in [0, 0.05) is 13.0 Å². The fourth-order valence-electron chi connectivity index (χ4n) is 4.43. The summed E-state index contributed by atoms with van der Waals surface area (Å²) in [7, 11) is 0.